The lowest BCUT2D eigenvalue weighted by atomic mass is 9.94. The van der Waals surface area contributed by atoms with Gasteiger partial charge in [0.25, 0.3) is 0 Å². The van der Waals surface area contributed by atoms with Crippen molar-refractivity contribution in [3.8, 4) is 0 Å². The van der Waals surface area contributed by atoms with Crippen molar-refractivity contribution < 1.29 is 5.11 Å². The summed E-state index contributed by atoms with van der Waals surface area (Å²) in [7, 11) is 4.09. The van der Waals surface area contributed by atoms with Crippen molar-refractivity contribution in [2.75, 3.05) is 38.7 Å². The number of hydrogen-bond donors (Lipinski definition) is 3. The number of anilines is 1. The number of nitrogens with zero attached hydrogens (tertiary/aromatic N) is 2. The highest BCUT2D eigenvalue weighted by atomic mass is 127. The van der Waals surface area contributed by atoms with Gasteiger partial charge in [0.1, 0.15) is 0 Å². The Bertz CT molecular complexity index is 520. The molecule has 0 bridgehead atoms. The molecule has 0 aromatic heterocycles. The van der Waals surface area contributed by atoms with Gasteiger partial charge in [-0.05, 0) is 49.3 Å². The molecule has 0 aliphatic carbocycles. The van der Waals surface area contributed by atoms with E-state index in [1.165, 1.54) is 11.3 Å². The molecule has 0 heterocycles. The average Bonchev–Trinajstić information content (AvgIpc) is 2.57. The van der Waals surface area contributed by atoms with Crippen molar-refractivity contribution in [3.63, 3.8) is 0 Å². The van der Waals surface area contributed by atoms with E-state index in [9.17, 15) is 5.11 Å². The van der Waals surface area contributed by atoms with E-state index in [0.29, 0.717) is 18.4 Å². The van der Waals surface area contributed by atoms with Crippen molar-refractivity contribution in [1.82, 2.24) is 10.6 Å². The summed E-state index contributed by atoms with van der Waals surface area (Å²) in [6.45, 7) is 9.07. The van der Waals surface area contributed by atoms with Gasteiger partial charge in [-0.1, -0.05) is 26.0 Å². The molecule has 1 atom stereocenters. The van der Waals surface area contributed by atoms with E-state index in [-0.39, 0.29) is 30.6 Å². The summed E-state index contributed by atoms with van der Waals surface area (Å²) < 4.78 is 0. The zero-order valence-electron chi connectivity index (χ0n) is 17.0. The molecule has 1 aromatic rings. The Morgan fingerprint density at radius 3 is 2.54 bits per heavy atom. The molecule has 1 aromatic carbocycles. The van der Waals surface area contributed by atoms with E-state index in [1.54, 1.807) is 0 Å². The molecule has 1 rings (SSSR count). The molecule has 0 spiro atoms. The number of aliphatic imine (C=N–C) groups is 1. The van der Waals surface area contributed by atoms with Crippen LogP contribution in [0.1, 0.15) is 39.2 Å². The summed E-state index contributed by atoms with van der Waals surface area (Å²) in [5.74, 6) is 1.93. The Morgan fingerprint density at radius 1 is 1.23 bits per heavy atom. The number of nitrogens with one attached hydrogen (secondary N) is 2. The van der Waals surface area contributed by atoms with E-state index >= 15 is 0 Å². The van der Waals surface area contributed by atoms with E-state index in [1.807, 2.05) is 14.1 Å². The molecule has 0 saturated carbocycles. The SMILES string of the molecule is CCNC(=NCc1cccc(N(C)C)c1)NCC(CCO)CC(C)C.I. The number of guanidine groups is 1. The summed E-state index contributed by atoms with van der Waals surface area (Å²) in [6.07, 6.45) is 1.94. The fourth-order valence-corrected chi connectivity index (χ4v) is 2.84. The van der Waals surface area contributed by atoms with E-state index in [2.05, 4.69) is 60.6 Å². The summed E-state index contributed by atoms with van der Waals surface area (Å²) in [5.41, 5.74) is 2.38. The number of aliphatic hydroxyl groups excluding tert-OH is 1. The molecule has 0 amide bonds. The third kappa shape index (κ3) is 10.2. The maximum atomic E-state index is 9.26. The zero-order chi connectivity index (χ0) is 18.7. The first-order valence-corrected chi connectivity index (χ1v) is 9.35. The molecule has 150 valence electrons. The van der Waals surface area contributed by atoms with Gasteiger partial charge in [0.05, 0.1) is 6.54 Å². The predicted octanol–water partition coefficient (Wildman–Crippen LogP) is 3.47. The molecular weight excluding hydrogens is 439 g/mol. The van der Waals surface area contributed by atoms with Crippen LogP contribution in [0, 0.1) is 11.8 Å². The van der Waals surface area contributed by atoms with E-state index < -0.39 is 0 Å². The third-order valence-corrected chi connectivity index (χ3v) is 4.09. The number of rotatable bonds is 10. The Kier molecular flexibility index (Phi) is 13.5. The van der Waals surface area contributed by atoms with Crippen molar-refractivity contribution in [2.24, 2.45) is 16.8 Å². The molecule has 0 saturated heterocycles. The standard InChI is InChI=1S/C20H36N4O.HI/c1-6-21-20(23-15-18(10-11-25)12-16(2)3)22-14-17-8-7-9-19(13-17)24(4)5;/h7-9,13,16,18,25H,6,10-12,14-15H2,1-5H3,(H2,21,22,23);1H. The van der Waals surface area contributed by atoms with Crippen LogP contribution in [0.4, 0.5) is 5.69 Å². The Balaban J connectivity index is 0.00000625. The monoisotopic (exact) mass is 476 g/mol. The second-order valence-corrected chi connectivity index (χ2v) is 7.15. The molecule has 6 heteroatoms. The maximum Gasteiger partial charge on any atom is 0.191 e. The van der Waals surface area contributed by atoms with Crippen LogP contribution in [-0.2, 0) is 6.54 Å². The van der Waals surface area contributed by atoms with Crippen molar-refractivity contribution in [2.45, 2.75) is 40.2 Å². The van der Waals surface area contributed by atoms with Crippen LogP contribution in [0.2, 0.25) is 0 Å². The molecule has 5 nitrogen and oxygen atoms in total. The summed E-state index contributed by atoms with van der Waals surface area (Å²) in [4.78, 5) is 6.81. The quantitative estimate of drug-likeness (QED) is 0.275. The Morgan fingerprint density at radius 2 is 1.96 bits per heavy atom. The minimum atomic E-state index is 0. The topological polar surface area (TPSA) is 59.9 Å². The van der Waals surface area contributed by atoms with Gasteiger partial charge >= 0.3 is 0 Å². The van der Waals surface area contributed by atoms with Gasteiger partial charge in [-0.3, -0.25) is 0 Å². The largest absolute Gasteiger partial charge is 0.396 e. The van der Waals surface area contributed by atoms with Gasteiger partial charge < -0.3 is 20.6 Å². The highest BCUT2D eigenvalue weighted by Gasteiger charge is 2.11. The minimum Gasteiger partial charge on any atom is -0.396 e. The van der Waals surface area contributed by atoms with Gasteiger partial charge in [-0.25, -0.2) is 4.99 Å². The summed E-state index contributed by atoms with van der Waals surface area (Å²) in [6, 6.07) is 8.44. The first kappa shape index (κ1) is 25.0. The predicted molar refractivity (Wildman–Crippen MR) is 124 cm³/mol. The van der Waals surface area contributed by atoms with Crippen molar-refractivity contribution in [3.05, 3.63) is 29.8 Å². The summed E-state index contributed by atoms with van der Waals surface area (Å²) >= 11 is 0. The lowest BCUT2D eigenvalue weighted by Gasteiger charge is -2.20. The lowest BCUT2D eigenvalue weighted by Crippen LogP contribution is -2.40. The van der Waals surface area contributed by atoms with Crippen LogP contribution >= 0.6 is 24.0 Å². The molecule has 0 aliphatic heterocycles. The van der Waals surface area contributed by atoms with Crippen LogP contribution < -0.4 is 15.5 Å². The van der Waals surface area contributed by atoms with Crippen LogP contribution in [-0.4, -0.2) is 44.9 Å². The molecule has 0 aliphatic rings. The molecule has 1 unspecified atom stereocenters. The minimum absolute atomic E-state index is 0. The van der Waals surface area contributed by atoms with Crippen LogP contribution in [0.3, 0.4) is 0 Å². The van der Waals surface area contributed by atoms with Crippen LogP contribution in [0.5, 0.6) is 0 Å². The van der Waals surface area contributed by atoms with E-state index in [0.717, 1.165) is 31.9 Å². The number of hydrogen-bond acceptors (Lipinski definition) is 3. The van der Waals surface area contributed by atoms with Gasteiger partial charge in [-0.2, -0.15) is 0 Å². The smallest absolute Gasteiger partial charge is 0.191 e. The van der Waals surface area contributed by atoms with Gasteiger partial charge in [-0.15, -0.1) is 24.0 Å². The first-order chi connectivity index (χ1) is 12.0. The second kappa shape index (κ2) is 14.1. The second-order valence-electron chi connectivity index (χ2n) is 7.15. The number of halogens is 1. The van der Waals surface area contributed by atoms with Crippen molar-refractivity contribution >= 4 is 35.6 Å². The Labute approximate surface area is 176 Å². The fraction of sp³-hybridized carbons (Fsp3) is 0.650. The first-order valence-electron chi connectivity index (χ1n) is 9.35. The van der Waals surface area contributed by atoms with Crippen LogP contribution in [0.15, 0.2) is 29.3 Å². The molecule has 0 radical (unpaired) electrons. The van der Waals surface area contributed by atoms with Gasteiger partial charge in [0.2, 0.25) is 0 Å². The maximum absolute atomic E-state index is 9.26. The molecule has 0 fully saturated rings. The van der Waals surface area contributed by atoms with Crippen molar-refractivity contribution in [1.29, 1.82) is 0 Å². The highest BCUT2D eigenvalue weighted by Crippen LogP contribution is 2.15. The normalized spacial score (nSPS) is 12.5. The molecule has 26 heavy (non-hydrogen) atoms. The Hall–Kier alpha value is -1.02. The molecule has 3 N–H and O–H groups in total. The number of aliphatic hydroxyl groups is 1. The highest BCUT2D eigenvalue weighted by molar-refractivity contribution is 14.0. The van der Waals surface area contributed by atoms with Gasteiger partial charge in [0, 0.05) is 39.5 Å². The lowest BCUT2D eigenvalue weighted by molar-refractivity contribution is 0.243. The molecular formula is C20H37IN4O. The third-order valence-electron chi connectivity index (χ3n) is 4.09. The van der Waals surface area contributed by atoms with Gasteiger partial charge in [0.15, 0.2) is 5.96 Å². The van der Waals surface area contributed by atoms with Crippen LogP contribution in [0.25, 0.3) is 0 Å². The zero-order valence-corrected chi connectivity index (χ0v) is 19.3. The fourth-order valence-electron chi connectivity index (χ4n) is 2.84. The number of benzene rings is 1. The van der Waals surface area contributed by atoms with E-state index in [4.69, 9.17) is 4.99 Å². The summed E-state index contributed by atoms with van der Waals surface area (Å²) in [5, 5.41) is 16.0. The average molecular weight is 476 g/mol.